The van der Waals surface area contributed by atoms with Gasteiger partial charge in [0.1, 0.15) is 11.6 Å². The van der Waals surface area contributed by atoms with Gasteiger partial charge in [-0.05, 0) is 19.4 Å². The van der Waals surface area contributed by atoms with Gasteiger partial charge in [-0.15, -0.1) is 0 Å². The number of benzene rings is 1. The van der Waals surface area contributed by atoms with E-state index in [-0.39, 0.29) is 23.6 Å². The minimum atomic E-state index is -2.95. The molecule has 0 bridgehead atoms. The molecule has 1 aromatic carbocycles. The normalized spacial score (nSPS) is 21.0. The number of nitrogens with zero attached hydrogens (tertiary/aromatic N) is 2. The van der Waals surface area contributed by atoms with Crippen LogP contribution in [0.2, 0.25) is 0 Å². The smallest absolute Gasteiger partial charge is 0.152 e. The molecule has 0 saturated carbocycles. The van der Waals surface area contributed by atoms with Gasteiger partial charge in [-0.2, -0.15) is 5.10 Å². The lowest BCUT2D eigenvalue weighted by Gasteiger charge is -2.14. The minimum Gasteiger partial charge on any atom is -0.306 e. The van der Waals surface area contributed by atoms with Crippen LogP contribution in [0.3, 0.4) is 0 Å². The molecule has 0 aliphatic carbocycles. The van der Waals surface area contributed by atoms with Gasteiger partial charge in [-0.25, -0.2) is 17.2 Å². The predicted octanol–water partition coefficient (Wildman–Crippen LogP) is 2.37. The van der Waals surface area contributed by atoms with Gasteiger partial charge >= 0.3 is 0 Å². The van der Waals surface area contributed by atoms with Gasteiger partial charge in [0.25, 0.3) is 0 Å². The molecular weight excluding hydrogens is 336 g/mol. The molecule has 0 radical (unpaired) electrons. The Morgan fingerprint density at radius 1 is 1.42 bits per heavy atom. The fraction of sp³-hybridized carbons (Fsp3) is 0.438. The van der Waals surface area contributed by atoms with Crippen molar-refractivity contribution in [3.05, 3.63) is 53.4 Å². The van der Waals surface area contributed by atoms with Crippen LogP contribution in [0.15, 0.2) is 30.6 Å². The van der Waals surface area contributed by atoms with Gasteiger partial charge in [0.2, 0.25) is 0 Å². The highest BCUT2D eigenvalue weighted by Gasteiger charge is 2.29. The summed E-state index contributed by atoms with van der Waals surface area (Å²) in [6.45, 7) is 2.25. The maximum Gasteiger partial charge on any atom is 0.152 e. The highest BCUT2D eigenvalue weighted by Crippen LogP contribution is 2.23. The molecule has 2 heterocycles. The van der Waals surface area contributed by atoms with Crippen LogP contribution in [0.1, 0.15) is 36.6 Å². The largest absolute Gasteiger partial charge is 0.306 e. The van der Waals surface area contributed by atoms with Gasteiger partial charge in [-0.3, -0.25) is 4.68 Å². The summed E-state index contributed by atoms with van der Waals surface area (Å²) in [5.74, 6) is -0.858. The topological polar surface area (TPSA) is 64.0 Å². The Hall–Kier alpha value is -1.80. The summed E-state index contributed by atoms with van der Waals surface area (Å²) in [5, 5.41) is 7.39. The molecule has 1 aliphatic rings. The van der Waals surface area contributed by atoms with Crippen LogP contribution in [-0.2, 0) is 16.4 Å². The Kier molecular flexibility index (Phi) is 4.69. The van der Waals surface area contributed by atoms with E-state index in [1.54, 1.807) is 17.8 Å². The second-order valence-electron chi connectivity index (χ2n) is 6.15. The van der Waals surface area contributed by atoms with E-state index in [4.69, 9.17) is 0 Å². The lowest BCUT2D eigenvalue weighted by Crippen LogP contribution is -2.19. The molecule has 0 spiro atoms. The first-order valence-corrected chi connectivity index (χ1v) is 9.58. The van der Waals surface area contributed by atoms with Crippen LogP contribution in [0.25, 0.3) is 0 Å². The summed E-state index contributed by atoms with van der Waals surface area (Å²) in [6, 6.07) is 3.12. The fourth-order valence-electron chi connectivity index (χ4n) is 2.89. The summed E-state index contributed by atoms with van der Waals surface area (Å²) >= 11 is 0. The lowest BCUT2D eigenvalue weighted by molar-refractivity contribution is 0.497. The molecule has 2 aromatic rings. The van der Waals surface area contributed by atoms with Crippen molar-refractivity contribution in [3.8, 4) is 0 Å². The third-order valence-electron chi connectivity index (χ3n) is 4.28. The van der Waals surface area contributed by atoms with E-state index >= 15 is 0 Å². The minimum absolute atomic E-state index is 0.115. The van der Waals surface area contributed by atoms with Crippen LogP contribution in [0, 0.1) is 11.6 Å². The fourth-order valence-corrected chi connectivity index (χ4v) is 4.59. The number of nitrogens with one attached hydrogen (secondary N) is 1. The van der Waals surface area contributed by atoms with E-state index in [2.05, 4.69) is 10.4 Å². The summed E-state index contributed by atoms with van der Waals surface area (Å²) in [7, 11) is -2.95. The molecule has 1 saturated heterocycles. The molecule has 1 fully saturated rings. The van der Waals surface area contributed by atoms with Crippen LogP contribution in [-0.4, -0.2) is 29.7 Å². The van der Waals surface area contributed by atoms with Crippen molar-refractivity contribution in [1.29, 1.82) is 0 Å². The Morgan fingerprint density at radius 2 is 2.21 bits per heavy atom. The van der Waals surface area contributed by atoms with Crippen molar-refractivity contribution in [3.63, 3.8) is 0 Å². The molecule has 2 atom stereocenters. The Labute approximate surface area is 139 Å². The Morgan fingerprint density at radius 3 is 2.88 bits per heavy atom. The SMILES string of the molecule is C[C@H](NCc1cnn([C@H]2CCS(=O)(=O)C2)c1)c1ccc(F)cc1F. The van der Waals surface area contributed by atoms with E-state index in [1.807, 2.05) is 6.20 Å². The van der Waals surface area contributed by atoms with E-state index in [1.165, 1.54) is 12.1 Å². The molecular formula is C16H19F2N3O2S. The molecule has 1 aliphatic heterocycles. The second kappa shape index (κ2) is 6.60. The lowest BCUT2D eigenvalue weighted by atomic mass is 10.1. The second-order valence-corrected chi connectivity index (χ2v) is 8.38. The van der Waals surface area contributed by atoms with Gasteiger partial charge in [0.05, 0.1) is 23.7 Å². The quantitative estimate of drug-likeness (QED) is 0.894. The summed E-state index contributed by atoms with van der Waals surface area (Å²) < 4.78 is 51.5. The molecule has 3 rings (SSSR count). The average molecular weight is 355 g/mol. The average Bonchev–Trinajstić information content (AvgIpc) is 3.11. The predicted molar refractivity (Wildman–Crippen MR) is 86.1 cm³/mol. The maximum absolute atomic E-state index is 13.8. The van der Waals surface area contributed by atoms with Crippen LogP contribution >= 0.6 is 0 Å². The molecule has 5 nitrogen and oxygen atoms in total. The maximum atomic E-state index is 13.8. The van der Waals surface area contributed by atoms with Gasteiger partial charge in [-0.1, -0.05) is 6.07 Å². The number of rotatable bonds is 5. The third kappa shape index (κ3) is 3.81. The van der Waals surface area contributed by atoms with E-state index in [0.717, 1.165) is 11.6 Å². The molecule has 0 unspecified atom stereocenters. The Bertz CT molecular complexity index is 836. The number of hydrogen-bond acceptors (Lipinski definition) is 4. The number of hydrogen-bond donors (Lipinski definition) is 1. The summed E-state index contributed by atoms with van der Waals surface area (Å²) in [6.07, 6.45) is 4.06. The van der Waals surface area contributed by atoms with Gasteiger partial charge < -0.3 is 5.32 Å². The zero-order valence-electron chi connectivity index (χ0n) is 13.2. The Balaban J connectivity index is 1.61. The van der Waals surface area contributed by atoms with E-state index < -0.39 is 21.5 Å². The first-order chi connectivity index (χ1) is 11.3. The van der Waals surface area contributed by atoms with Crippen molar-refractivity contribution in [1.82, 2.24) is 15.1 Å². The first-order valence-electron chi connectivity index (χ1n) is 7.76. The highest BCUT2D eigenvalue weighted by atomic mass is 32.2. The van der Waals surface area contributed by atoms with E-state index in [9.17, 15) is 17.2 Å². The molecule has 1 aromatic heterocycles. The van der Waals surface area contributed by atoms with Crippen molar-refractivity contribution >= 4 is 9.84 Å². The number of sulfone groups is 1. The number of aromatic nitrogens is 2. The van der Waals surface area contributed by atoms with Crippen LogP contribution in [0.4, 0.5) is 8.78 Å². The zero-order chi connectivity index (χ0) is 17.3. The van der Waals surface area contributed by atoms with Gasteiger partial charge in [0.15, 0.2) is 9.84 Å². The molecule has 130 valence electrons. The number of halogens is 2. The molecule has 8 heteroatoms. The van der Waals surface area contributed by atoms with Crippen molar-refractivity contribution < 1.29 is 17.2 Å². The molecule has 24 heavy (non-hydrogen) atoms. The first kappa shape index (κ1) is 17.0. The third-order valence-corrected chi connectivity index (χ3v) is 6.03. The van der Waals surface area contributed by atoms with E-state index in [0.29, 0.717) is 18.5 Å². The monoisotopic (exact) mass is 355 g/mol. The van der Waals surface area contributed by atoms with Crippen LogP contribution in [0.5, 0.6) is 0 Å². The van der Waals surface area contributed by atoms with Crippen molar-refractivity contribution in [2.24, 2.45) is 0 Å². The molecule has 1 N–H and O–H groups in total. The summed E-state index contributed by atoms with van der Waals surface area (Å²) in [4.78, 5) is 0. The standard InChI is InChI=1S/C16H19F2N3O2S/c1-11(15-3-2-13(17)6-16(15)18)19-7-12-8-20-21(9-12)14-4-5-24(22,23)10-14/h2-3,6,8-9,11,14,19H,4-5,7,10H2,1H3/t11-,14-/m0/s1. The van der Waals surface area contributed by atoms with Crippen LogP contribution < -0.4 is 5.32 Å². The summed E-state index contributed by atoms with van der Waals surface area (Å²) in [5.41, 5.74) is 1.28. The zero-order valence-corrected chi connectivity index (χ0v) is 14.1. The molecule has 0 amide bonds. The van der Waals surface area contributed by atoms with Crippen molar-refractivity contribution in [2.45, 2.75) is 32.0 Å². The van der Waals surface area contributed by atoms with Gasteiger partial charge in [0, 0.05) is 36.0 Å². The highest BCUT2D eigenvalue weighted by molar-refractivity contribution is 7.91. The van der Waals surface area contributed by atoms with Crippen molar-refractivity contribution in [2.75, 3.05) is 11.5 Å².